The summed E-state index contributed by atoms with van der Waals surface area (Å²) in [5.41, 5.74) is 2.10. The number of nitrogens with zero attached hydrogens (tertiary/aromatic N) is 4. The van der Waals surface area contributed by atoms with Gasteiger partial charge < -0.3 is 14.2 Å². The lowest BCUT2D eigenvalue weighted by atomic mass is 10.1. The highest BCUT2D eigenvalue weighted by atomic mass is 32.2. The van der Waals surface area contributed by atoms with Crippen molar-refractivity contribution in [2.75, 3.05) is 5.32 Å². The van der Waals surface area contributed by atoms with Crippen molar-refractivity contribution >= 4 is 28.2 Å². The Morgan fingerprint density at radius 3 is 2.74 bits per heavy atom. The van der Waals surface area contributed by atoms with Gasteiger partial charge in [-0.2, -0.15) is 0 Å². The van der Waals surface area contributed by atoms with Crippen LogP contribution in [0.3, 0.4) is 0 Å². The van der Waals surface area contributed by atoms with Crippen molar-refractivity contribution < 1.29 is 8.83 Å². The molecule has 1 unspecified atom stereocenters. The van der Waals surface area contributed by atoms with Crippen LogP contribution in [0.1, 0.15) is 29.4 Å². The second-order valence-electron chi connectivity index (χ2n) is 5.88. The Bertz CT molecular complexity index is 995. The molecule has 0 saturated heterocycles. The van der Waals surface area contributed by atoms with Crippen LogP contribution in [0, 0.1) is 6.92 Å². The molecule has 7 nitrogen and oxygen atoms in total. The molecule has 0 bridgehead atoms. The Morgan fingerprint density at radius 2 is 1.96 bits per heavy atom. The zero-order valence-electron chi connectivity index (χ0n) is 14.7. The Labute approximate surface area is 164 Å². The summed E-state index contributed by atoms with van der Waals surface area (Å²) in [5, 5.41) is 20.6. The van der Waals surface area contributed by atoms with Gasteiger partial charge in [0.1, 0.15) is 5.76 Å². The van der Waals surface area contributed by atoms with Gasteiger partial charge in [0.05, 0.1) is 18.1 Å². The van der Waals surface area contributed by atoms with Crippen LogP contribution in [0.5, 0.6) is 0 Å². The molecule has 4 aromatic rings. The second kappa shape index (κ2) is 7.93. The van der Waals surface area contributed by atoms with Crippen LogP contribution in [0.4, 0.5) is 5.13 Å². The highest BCUT2D eigenvalue weighted by molar-refractivity contribution is 8.01. The topological polar surface area (TPSA) is 89.9 Å². The number of benzene rings is 1. The van der Waals surface area contributed by atoms with Crippen molar-refractivity contribution in [3.8, 4) is 11.5 Å². The summed E-state index contributed by atoms with van der Waals surface area (Å²) < 4.78 is 12.0. The summed E-state index contributed by atoms with van der Waals surface area (Å²) in [6, 6.07) is 11.8. The summed E-state index contributed by atoms with van der Waals surface area (Å²) >= 11 is 3.02. The van der Waals surface area contributed by atoms with Crippen molar-refractivity contribution in [1.82, 2.24) is 20.4 Å². The van der Waals surface area contributed by atoms with Gasteiger partial charge in [-0.25, -0.2) is 0 Å². The third-order valence-corrected chi connectivity index (χ3v) is 5.82. The fourth-order valence-electron chi connectivity index (χ4n) is 2.32. The maximum absolute atomic E-state index is 5.83. The molecule has 27 heavy (non-hydrogen) atoms. The molecular formula is C18H17N5O2S2. The fraction of sp³-hybridized carbons (Fsp3) is 0.222. The van der Waals surface area contributed by atoms with Crippen LogP contribution in [0.15, 0.2) is 55.8 Å². The lowest BCUT2D eigenvalue weighted by Crippen LogP contribution is -1.96. The maximum atomic E-state index is 5.83. The number of hydrogen-bond donors (Lipinski definition) is 1. The SMILES string of the molecule is Cc1ccc(-c2nnc(C(C)Sc3nnc(NCc4ccco4)s3)o2)cc1. The minimum atomic E-state index is -0.0254. The molecule has 0 aliphatic rings. The molecular weight excluding hydrogens is 382 g/mol. The molecule has 0 saturated carbocycles. The molecule has 3 heterocycles. The summed E-state index contributed by atoms with van der Waals surface area (Å²) in [5.74, 6) is 1.94. The molecule has 0 spiro atoms. The van der Waals surface area contributed by atoms with E-state index in [-0.39, 0.29) is 5.25 Å². The Balaban J connectivity index is 1.38. The zero-order valence-corrected chi connectivity index (χ0v) is 16.4. The number of furan rings is 1. The van der Waals surface area contributed by atoms with E-state index in [1.165, 1.54) is 28.7 Å². The van der Waals surface area contributed by atoms with E-state index >= 15 is 0 Å². The number of anilines is 1. The fourth-order valence-corrected chi connectivity index (χ4v) is 4.24. The minimum absolute atomic E-state index is 0.0254. The van der Waals surface area contributed by atoms with E-state index in [0.717, 1.165) is 20.8 Å². The van der Waals surface area contributed by atoms with Gasteiger partial charge in [0.2, 0.25) is 16.9 Å². The van der Waals surface area contributed by atoms with E-state index in [4.69, 9.17) is 8.83 Å². The minimum Gasteiger partial charge on any atom is -0.467 e. The molecule has 138 valence electrons. The summed E-state index contributed by atoms with van der Waals surface area (Å²) in [6.45, 7) is 4.63. The molecule has 1 aromatic carbocycles. The quantitative estimate of drug-likeness (QED) is 0.436. The van der Waals surface area contributed by atoms with Gasteiger partial charge in [0.25, 0.3) is 0 Å². The lowest BCUT2D eigenvalue weighted by molar-refractivity contribution is 0.509. The molecule has 3 aromatic heterocycles. The van der Waals surface area contributed by atoms with E-state index in [0.29, 0.717) is 18.3 Å². The number of hydrogen-bond acceptors (Lipinski definition) is 9. The largest absolute Gasteiger partial charge is 0.467 e. The van der Waals surface area contributed by atoms with Crippen molar-refractivity contribution in [3.05, 3.63) is 59.9 Å². The standard InChI is InChI=1S/C18H17N5O2S2/c1-11-5-7-13(8-6-11)16-21-20-15(25-16)12(2)26-18-23-22-17(27-18)19-10-14-4-3-9-24-14/h3-9,12H,10H2,1-2H3,(H,19,22). The molecule has 9 heteroatoms. The molecule has 4 rings (SSSR count). The second-order valence-corrected chi connectivity index (χ2v) is 8.44. The van der Waals surface area contributed by atoms with Gasteiger partial charge in [-0.1, -0.05) is 40.8 Å². The van der Waals surface area contributed by atoms with Gasteiger partial charge in [-0.05, 0) is 38.1 Å². The van der Waals surface area contributed by atoms with Crippen LogP contribution >= 0.6 is 23.1 Å². The number of thioether (sulfide) groups is 1. The predicted octanol–water partition coefficient (Wildman–Crippen LogP) is 4.95. The molecule has 0 amide bonds. The van der Waals surface area contributed by atoms with Crippen molar-refractivity contribution in [1.29, 1.82) is 0 Å². The Kier molecular flexibility index (Phi) is 5.21. The average molecular weight is 400 g/mol. The van der Waals surface area contributed by atoms with Crippen LogP contribution < -0.4 is 5.32 Å². The van der Waals surface area contributed by atoms with E-state index in [2.05, 4.69) is 25.7 Å². The molecule has 1 N–H and O–H groups in total. The first-order valence-electron chi connectivity index (χ1n) is 8.34. The Morgan fingerprint density at radius 1 is 1.11 bits per heavy atom. The number of aromatic nitrogens is 4. The van der Waals surface area contributed by atoms with Crippen molar-refractivity contribution in [2.45, 2.75) is 30.0 Å². The van der Waals surface area contributed by atoms with Crippen molar-refractivity contribution in [3.63, 3.8) is 0 Å². The van der Waals surface area contributed by atoms with E-state index < -0.39 is 0 Å². The number of rotatable bonds is 7. The monoisotopic (exact) mass is 399 g/mol. The highest BCUT2D eigenvalue weighted by Gasteiger charge is 2.18. The highest BCUT2D eigenvalue weighted by Crippen LogP contribution is 2.37. The van der Waals surface area contributed by atoms with E-state index in [1.54, 1.807) is 6.26 Å². The normalized spacial score (nSPS) is 12.2. The first-order chi connectivity index (χ1) is 13.2. The van der Waals surface area contributed by atoms with Gasteiger partial charge in [0, 0.05) is 5.56 Å². The Hall–Kier alpha value is -2.65. The third-order valence-electron chi connectivity index (χ3n) is 3.76. The van der Waals surface area contributed by atoms with Gasteiger partial charge in [0.15, 0.2) is 4.34 Å². The third kappa shape index (κ3) is 4.37. The number of nitrogens with one attached hydrogen (secondary N) is 1. The van der Waals surface area contributed by atoms with Gasteiger partial charge in [-0.3, -0.25) is 0 Å². The van der Waals surface area contributed by atoms with Gasteiger partial charge >= 0.3 is 0 Å². The molecule has 0 aliphatic heterocycles. The predicted molar refractivity (Wildman–Crippen MR) is 105 cm³/mol. The molecule has 0 fully saturated rings. The van der Waals surface area contributed by atoms with Crippen LogP contribution in [0.25, 0.3) is 11.5 Å². The zero-order chi connectivity index (χ0) is 18.6. The molecule has 0 radical (unpaired) electrons. The lowest BCUT2D eigenvalue weighted by Gasteiger charge is -2.02. The van der Waals surface area contributed by atoms with Crippen LogP contribution in [-0.2, 0) is 6.54 Å². The summed E-state index contributed by atoms with van der Waals surface area (Å²) in [4.78, 5) is 0. The van der Waals surface area contributed by atoms with E-state index in [9.17, 15) is 0 Å². The van der Waals surface area contributed by atoms with Crippen LogP contribution in [0.2, 0.25) is 0 Å². The first-order valence-corrected chi connectivity index (χ1v) is 10.0. The molecule has 0 aliphatic carbocycles. The average Bonchev–Trinajstić information content (AvgIpc) is 3.42. The first kappa shape index (κ1) is 17.7. The molecule has 1 atom stereocenters. The van der Waals surface area contributed by atoms with Crippen LogP contribution in [-0.4, -0.2) is 20.4 Å². The number of aryl methyl sites for hydroxylation is 1. The summed E-state index contributed by atoms with van der Waals surface area (Å²) in [6.07, 6.45) is 1.65. The van der Waals surface area contributed by atoms with E-state index in [1.807, 2.05) is 50.2 Å². The van der Waals surface area contributed by atoms with Crippen molar-refractivity contribution in [2.24, 2.45) is 0 Å². The summed E-state index contributed by atoms with van der Waals surface area (Å²) in [7, 11) is 0. The smallest absolute Gasteiger partial charge is 0.247 e. The van der Waals surface area contributed by atoms with Gasteiger partial charge in [-0.15, -0.1) is 20.4 Å². The maximum Gasteiger partial charge on any atom is 0.247 e.